The fourth-order valence-corrected chi connectivity index (χ4v) is 2.88. The molecule has 1 aliphatic heterocycles. The molecule has 3 aromatic rings. The van der Waals surface area contributed by atoms with Crippen molar-refractivity contribution in [3.05, 3.63) is 60.2 Å². The quantitative estimate of drug-likeness (QED) is 0.721. The van der Waals surface area contributed by atoms with Gasteiger partial charge in [0, 0.05) is 23.7 Å². The third-order valence-electron chi connectivity index (χ3n) is 3.88. The second-order valence-corrected chi connectivity index (χ2v) is 5.43. The van der Waals surface area contributed by atoms with Gasteiger partial charge in [0.05, 0.1) is 12.8 Å². The molecule has 21 heavy (non-hydrogen) atoms. The number of ether oxygens (including phenoxy) is 1. The van der Waals surface area contributed by atoms with Gasteiger partial charge in [-0.25, -0.2) is 0 Å². The average molecular weight is 280 g/mol. The van der Waals surface area contributed by atoms with Crippen LogP contribution in [-0.4, -0.2) is 23.5 Å². The van der Waals surface area contributed by atoms with Crippen LogP contribution in [0.2, 0.25) is 0 Å². The monoisotopic (exact) mass is 280 g/mol. The Balaban J connectivity index is 1.73. The Labute approximate surface area is 123 Å². The Hall–Kier alpha value is -2.33. The van der Waals surface area contributed by atoms with E-state index in [0.29, 0.717) is 0 Å². The molecule has 0 aliphatic carbocycles. The molecule has 0 radical (unpaired) electrons. The van der Waals surface area contributed by atoms with Crippen molar-refractivity contribution in [3.63, 3.8) is 0 Å². The van der Waals surface area contributed by atoms with Crippen molar-refractivity contribution in [1.29, 1.82) is 0 Å². The fourth-order valence-electron chi connectivity index (χ4n) is 2.88. The molecule has 2 aromatic heterocycles. The molecule has 4 rings (SSSR count). The number of likely N-dealkylation sites (N-methyl/N-ethyl adjacent to an activating group) is 1. The predicted molar refractivity (Wildman–Crippen MR) is 80.2 cm³/mol. The molecule has 1 aromatic carbocycles. The van der Waals surface area contributed by atoms with Gasteiger partial charge in [-0.3, -0.25) is 9.88 Å². The number of pyridine rings is 1. The number of para-hydroxylation sites is 1. The molecule has 0 amide bonds. The predicted octanol–water partition coefficient (Wildman–Crippen LogP) is 3.39. The number of hydrogen-bond acceptors (Lipinski definition) is 4. The summed E-state index contributed by atoms with van der Waals surface area (Å²) in [6, 6.07) is 12.0. The Kier molecular flexibility index (Phi) is 2.89. The van der Waals surface area contributed by atoms with Crippen molar-refractivity contribution in [2.75, 3.05) is 13.6 Å². The van der Waals surface area contributed by atoms with Gasteiger partial charge in [0.1, 0.15) is 23.1 Å². The SMILES string of the molecule is CN1Cc2occc2C(Oc2cccc3cccnc23)C1. The molecule has 3 heterocycles. The highest BCUT2D eigenvalue weighted by molar-refractivity contribution is 5.84. The molecule has 0 saturated carbocycles. The molecule has 0 bridgehead atoms. The molecule has 4 heteroatoms. The summed E-state index contributed by atoms with van der Waals surface area (Å²) in [5.74, 6) is 1.81. The molecular weight excluding hydrogens is 264 g/mol. The molecule has 0 saturated heterocycles. The van der Waals surface area contributed by atoms with Crippen molar-refractivity contribution in [2.24, 2.45) is 0 Å². The van der Waals surface area contributed by atoms with Gasteiger partial charge in [-0.05, 0) is 25.2 Å². The minimum atomic E-state index is -0.0230. The molecule has 0 N–H and O–H groups in total. The second kappa shape index (κ2) is 4.90. The first-order valence-electron chi connectivity index (χ1n) is 7.06. The summed E-state index contributed by atoms with van der Waals surface area (Å²) in [4.78, 5) is 6.65. The van der Waals surface area contributed by atoms with E-state index in [-0.39, 0.29) is 6.10 Å². The van der Waals surface area contributed by atoms with Crippen molar-refractivity contribution in [1.82, 2.24) is 9.88 Å². The van der Waals surface area contributed by atoms with Crippen molar-refractivity contribution in [2.45, 2.75) is 12.6 Å². The maximum atomic E-state index is 6.26. The lowest BCUT2D eigenvalue weighted by Crippen LogP contribution is -2.32. The van der Waals surface area contributed by atoms with E-state index in [2.05, 4.69) is 16.9 Å². The summed E-state index contributed by atoms with van der Waals surface area (Å²) in [5, 5.41) is 1.09. The maximum Gasteiger partial charge on any atom is 0.146 e. The van der Waals surface area contributed by atoms with E-state index in [0.717, 1.165) is 41.1 Å². The van der Waals surface area contributed by atoms with Crippen molar-refractivity contribution in [3.8, 4) is 5.75 Å². The molecule has 4 nitrogen and oxygen atoms in total. The van der Waals surface area contributed by atoms with E-state index in [9.17, 15) is 0 Å². The van der Waals surface area contributed by atoms with Crippen molar-refractivity contribution >= 4 is 10.9 Å². The normalized spacial score (nSPS) is 18.6. The van der Waals surface area contributed by atoms with Crippen LogP contribution in [0.1, 0.15) is 17.4 Å². The Morgan fingerprint density at radius 2 is 2.14 bits per heavy atom. The number of furan rings is 1. The van der Waals surface area contributed by atoms with Crippen LogP contribution in [0.25, 0.3) is 10.9 Å². The van der Waals surface area contributed by atoms with Gasteiger partial charge in [0.25, 0.3) is 0 Å². The zero-order valence-corrected chi connectivity index (χ0v) is 11.8. The number of nitrogens with zero attached hydrogens (tertiary/aromatic N) is 2. The summed E-state index contributed by atoms with van der Waals surface area (Å²) in [7, 11) is 2.07. The van der Waals surface area contributed by atoms with E-state index in [1.165, 1.54) is 0 Å². The highest BCUT2D eigenvalue weighted by atomic mass is 16.5. The molecule has 1 unspecified atom stereocenters. The summed E-state index contributed by atoms with van der Waals surface area (Å²) in [6.07, 6.45) is 3.51. The summed E-state index contributed by atoms with van der Waals surface area (Å²) in [6.45, 7) is 1.67. The summed E-state index contributed by atoms with van der Waals surface area (Å²) in [5.41, 5.74) is 2.04. The van der Waals surface area contributed by atoms with Crippen LogP contribution in [0.15, 0.2) is 53.3 Å². The van der Waals surface area contributed by atoms with Crippen LogP contribution in [0.5, 0.6) is 5.75 Å². The van der Waals surface area contributed by atoms with Crippen molar-refractivity contribution < 1.29 is 9.15 Å². The topological polar surface area (TPSA) is 38.5 Å². The molecule has 106 valence electrons. The lowest BCUT2D eigenvalue weighted by atomic mass is 10.1. The highest BCUT2D eigenvalue weighted by Crippen LogP contribution is 2.33. The largest absolute Gasteiger partial charge is 0.482 e. The first kappa shape index (κ1) is 12.4. The van der Waals surface area contributed by atoms with Crippen LogP contribution in [0.4, 0.5) is 0 Å². The lowest BCUT2D eigenvalue weighted by Gasteiger charge is -2.29. The van der Waals surface area contributed by atoms with Gasteiger partial charge in [0.2, 0.25) is 0 Å². The maximum absolute atomic E-state index is 6.26. The molecule has 1 aliphatic rings. The van der Waals surface area contributed by atoms with Gasteiger partial charge in [-0.15, -0.1) is 0 Å². The first-order valence-corrected chi connectivity index (χ1v) is 7.06. The lowest BCUT2D eigenvalue weighted by molar-refractivity contribution is 0.121. The van der Waals surface area contributed by atoms with Crippen LogP contribution >= 0.6 is 0 Å². The summed E-state index contributed by atoms with van der Waals surface area (Å²) < 4.78 is 11.8. The smallest absolute Gasteiger partial charge is 0.146 e. The van der Waals surface area contributed by atoms with Crippen LogP contribution in [0, 0.1) is 0 Å². The highest BCUT2D eigenvalue weighted by Gasteiger charge is 2.27. The van der Waals surface area contributed by atoms with Crippen LogP contribution in [-0.2, 0) is 6.54 Å². The number of hydrogen-bond donors (Lipinski definition) is 0. The standard InChI is InChI=1S/C17H16N2O2/c1-19-10-15-13(7-9-20-15)16(11-19)21-14-6-2-4-12-5-3-8-18-17(12)14/h2-9,16H,10-11H2,1H3. The minimum Gasteiger partial charge on any atom is -0.482 e. The first-order chi connectivity index (χ1) is 10.3. The fraction of sp³-hybridized carbons (Fsp3) is 0.235. The Morgan fingerprint density at radius 3 is 3.10 bits per heavy atom. The number of benzene rings is 1. The van der Waals surface area contributed by atoms with E-state index in [1.54, 1.807) is 12.5 Å². The van der Waals surface area contributed by atoms with Gasteiger partial charge < -0.3 is 9.15 Å². The van der Waals surface area contributed by atoms with Gasteiger partial charge in [0.15, 0.2) is 0 Å². The zero-order valence-electron chi connectivity index (χ0n) is 11.8. The molecular formula is C17H16N2O2. The number of rotatable bonds is 2. The number of aromatic nitrogens is 1. The van der Waals surface area contributed by atoms with E-state index in [4.69, 9.17) is 9.15 Å². The van der Waals surface area contributed by atoms with Crippen LogP contribution < -0.4 is 4.74 Å². The Morgan fingerprint density at radius 1 is 1.24 bits per heavy atom. The van der Waals surface area contributed by atoms with E-state index < -0.39 is 0 Å². The van der Waals surface area contributed by atoms with Gasteiger partial charge in [-0.1, -0.05) is 18.2 Å². The third kappa shape index (κ3) is 2.17. The zero-order chi connectivity index (χ0) is 14.2. The van der Waals surface area contributed by atoms with Gasteiger partial charge >= 0.3 is 0 Å². The molecule has 0 fully saturated rings. The summed E-state index contributed by atoms with van der Waals surface area (Å²) >= 11 is 0. The average Bonchev–Trinajstić information content (AvgIpc) is 2.96. The van der Waals surface area contributed by atoms with E-state index >= 15 is 0 Å². The van der Waals surface area contributed by atoms with Crippen LogP contribution in [0.3, 0.4) is 0 Å². The molecule has 1 atom stereocenters. The third-order valence-corrected chi connectivity index (χ3v) is 3.88. The van der Waals surface area contributed by atoms with E-state index in [1.807, 2.05) is 36.4 Å². The minimum absolute atomic E-state index is 0.0230. The number of fused-ring (bicyclic) bond motifs is 2. The molecule has 0 spiro atoms. The Bertz CT molecular complexity index is 776. The second-order valence-electron chi connectivity index (χ2n) is 5.43. The van der Waals surface area contributed by atoms with Gasteiger partial charge in [-0.2, -0.15) is 0 Å².